The Bertz CT molecular complexity index is 980. The molecule has 0 fully saturated rings. The van der Waals surface area contributed by atoms with Gasteiger partial charge in [0.2, 0.25) is 9.84 Å². The molecule has 2 aromatic carbocycles. The molecule has 134 valence electrons. The summed E-state index contributed by atoms with van der Waals surface area (Å²) in [5.74, 6) is -0.157. The van der Waals surface area contributed by atoms with Crippen molar-refractivity contribution in [1.29, 1.82) is 0 Å². The SMILES string of the molecule is CCN(Cc1ccccc1)C(=O)c1ccc(S(=O)(=O)c2ccccc2)s1. The Morgan fingerprint density at radius 2 is 1.54 bits per heavy atom. The molecule has 0 unspecified atom stereocenters. The van der Waals surface area contributed by atoms with Crippen molar-refractivity contribution in [2.24, 2.45) is 0 Å². The number of nitrogens with zero attached hydrogens (tertiary/aromatic N) is 1. The quantitative estimate of drug-likeness (QED) is 0.638. The van der Waals surface area contributed by atoms with Gasteiger partial charge in [-0.2, -0.15) is 0 Å². The van der Waals surface area contributed by atoms with Gasteiger partial charge in [-0.05, 0) is 36.8 Å². The molecule has 0 spiro atoms. The maximum absolute atomic E-state index is 12.8. The molecule has 0 saturated carbocycles. The van der Waals surface area contributed by atoms with Crippen molar-refractivity contribution < 1.29 is 13.2 Å². The van der Waals surface area contributed by atoms with E-state index in [0.29, 0.717) is 18.0 Å². The fourth-order valence-electron chi connectivity index (χ4n) is 2.58. The van der Waals surface area contributed by atoms with Gasteiger partial charge in [0.05, 0.1) is 9.77 Å². The van der Waals surface area contributed by atoms with Gasteiger partial charge in [0.1, 0.15) is 4.21 Å². The molecule has 1 amide bonds. The molecule has 4 nitrogen and oxygen atoms in total. The summed E-state index contributed by atoms with van der Waals surface area (Å²) in [6, 6.07) is 21.1. The summed E-state index contributed by atoms with van der Waals surface area (Å²) in [7, 11) is -3.60. The lowest BCUT2D eigenvalue weighted by atomic mass is 10.2. The van der Waals surface area contributed by atoms with Crippen LogP contribution in [0.5, 0.6) is 0 Å². The molecule has 0 saturated heterocycles. The Kier molecular flexibility index (Phi) is 5.54. The second-order valence-corrected chi connectivity index (χ2v) is 9.00. The van der Waals surface area contributed by atoms with Gasteiger partial charge in [-0.15, -0.1) is 11.3 Å². The third-order valence-electron chi connectivity index (χ3n) is 4.00. The summed E-state index contributed by atoms with van der Waals surface area (Å²) >= 11 is 1.02. The lowest BCUT2D eigenvalue weighted by Gasteiger charge is -2.20. The van der Waals surface area contributed by atoms with Gasteiger partial charge >= 0.3 is 0 Å². The fourth-order valence-corrected chi connectivity index (χ4v) is 5.28. The zero-order valence-corrected chi connectivity index (χ0v) is 16.0. The standard InChI is InChI=1S/C20H19NO3S2/c1-2-21(15-16-9-5-3-6-10-16)20(22)18-13-14-19(25-18)26(23,24)17-11-7-4-8-12-17/h3-14H,2,15H2,1H3. The second-order valence-electron chi connectivity index (χ2n) is 5.74. The van der Waals surface area contributed by atoms with E-state index < -0.39 is 9.84 Å². The maximum Gasteiger partial charge on any atom is 0.264 e. The average Bonchev–Trinajstić information content (AvgIpc) is 3.18. The van der Waals surface area contributed by atoms with Crippen LogP contribution in [0.15, 0.2) is 81.9 Å². The summed E-state index contributed by atoms with van der Waals surface area (Å²) in [5, 5.41) is 0. The molecule has 0 bridgehead atoms. The van der Waals surface area contributed by atoms with E-state index in [4.69, 9.17) is 0 Å². The van der Waals surface area contributed by atoms with Gasteiger partial charge in [0.25, 0.3) is 5.91 Å². The molecule has 0 radical (unpaired) electrons. The highest BCUT2D eigenvalue weighted by Gasteiger charge is 2.23. The highest BCUT2D eigenvalue weighted by Crippen LogP contribution is 2.28. The van der Waals surface area contributed by atoms with Crippen molar-refractivity contribution in [3.63, 3.8) is 0 Å². The van der Waals surface area contributed by atoms with Crippen molar-refractivity contribution in [2.45, 2.75) is 22.6 Å². The molecule has 3 aromatic rings. The first-order valence-corrected chi connectivity index (χ1v) is 10.6. The zero-order chi connectivity index (χ0) is 18.6. The van der Waals surface area contributed by atoms with Gasteiger partial charge in [0.15, 0.2) is 0 Å². The van der Waals surface area contributed by atoms with E-state index in [2.05, 4.69) is 0 Å². The summed E-state index contributed by atoms with van der Waals surface area (Å²) in [6.07, 6.45) is 0. The second kappa shape index (κ2) is 7.85. The molecule has 6 heteroatoms. The van der Waals surface area contributed by atoms with Crippen molar-refractivity contribution >= 4 is 27.1 Å². The smallest absolute Gasteiger partial charge is 0.264 e. The Morgan fingerprint density at radius 1 is 0.923 bits per heavy atom. The number of hydrogen-bond donors (Lipinski definition) is 0. The highest BCUT2D eigenvalue weighted by atomic mass is 32.2. The molecule has 0 aliphatic heterocycles. The molecule has 0 N–H and O–H groups in total. The molecule has 1 aromatic heterocycles. The number of benzene rings is 2. The molecular weight excluding hydrogens is 366 g/mol. The Morgan fingerprint density at radius 3 is 2.15 bits per heavy atom. The van der Waals surface area contributed by atoms with Crippen LogP contribution in [0, 0.1) is 0 Å². The molecule has 26 heavy (non-hydrogen) atoms. The fraction of sp³-hybridized carbons (Fsp3) is 0.150. The first-order chi connectivity index (χ1) is 12.5. The minimum atomic E-state index is -3.60. The van der Waals surface area contributed by atoms with Crippen molar-refractivity contribution in [1.82, 2.24) is 4.90 Å². The first-order valence-electron chi connectivity index (χ1n) is 8.25. The number of carbonyl (C=O) groups is 1. The van der Waals surface area contributed by atoms with Crippen LogP contribution in [0.3, 0.4) is 0 Å². The molecular formula is C20H19NO3S2. The average molecular weight is 386 g/mol. The Labute approximate surface area is 157 Å². The molecule has 0 atom stereocenters. The lowest BCUT2D eigenvalue weighted by molar-refractivity contribution is 0.0757. The summed E-state index contributed by atoms with van der Waals surface area (Å²) in [5.41, 5.74) is 1.04. The van der Waals surface area contributed by atoms with Crippen LogP contribution in [0.25, 0.3) is 0 Å². The number of amides is 1. The molecule has 0 aliphatic carbocycles. The molecule has 1 heterocycles. The van der Waals surface area contributed by atoms with Gasteiger partial charge in [-0.3, -0.25) is 4.79 Å². The van der Waals surface area contributed by atoms with E-state index in [1.165, 1.54) is 6.07 Å². The van der Waals surface area contributed by atoms with Crippen LogP contribution in [0.1, 0.15) is 22.2 Å². The van der Waals surface area contributed by atoms with Gasteiger partial charge < -0.3 is 4.90 Å². The van der Waals surface area contributed by atoms with Gasteiger partial charge in [-0.25, -0.2) is 8.42 Å². The summed E-state index contributed by atoms with van der Waals surface area (Å²) < 4.78 is 25.6. The first kappa shape index (κ1) is 18.4. The molecule has 0 aliphatic rings. The lowest BCUT2D eigenvalue weighted by Crippen LogP contribution is -2.29. The van der Waals surface area contributed by atoms with Crippen LogP contribution >= 0.6 is 11.3 Å². The van der Waals surface area contributed by atoms with Gasteiger partial charge in [-0.1, -0.05) is 48.5 Å². The van der Waals surface area contributed by atoms with Crippen molar-refractivity contribution in [2.75, 3.05) is 6.54 Å². The van der Waals surface area contributed by atoms with Crippen LogP contribution < -0.4 is 0 Å². The van der Waals surface area contributed by atoms with E-state index in [9.17, 15) is 13.2 Å². The summed E-state index contributed by atoms with van der Waals surface area (Å²) in [4.78, 5) is 15.2. The van der Waals surface area contributed by atoms with Crippen molar-refractivity contribution in [3.8, 4) is 0 Å². The highest BCUT2D eigenvalue weighted by molar-refractivity contribution is 7.93. The minimum absolute atomic E-state index is 0.157. The number of carbonyl (C=O) groups excluding carboxylic acids is 1. The molecule has 3 rings (SSSR count). The van der Waals surface area contributed by atoms with Gasteiger partial charge in [0, 0.05) is 13.1 Å². The zero-order valence-electron chi connectivity index (χ0n) is 14.3. The van der Waals surface area contributed by atoms with Crippen LogP contribution in [-0.4, -0.2) is 25.8 Å². The monoisotopic (exact) mass is 385 g/mol. The van der Waals surface area contributed by atoms with Crippen LogP contribution in [0.4, 0.5) is 0 Å². The Balaban J connectivity index is 1.83. The summed E-state index contributed by atoms with van der Waals surface area (Å²) in [6.45, 7) is 2.96. The van der Waals surface area contributed by atoms with Crippen LogP contribution in [0.2, 0.25) is 0 Å². The normalized spacial score (nSPS) is 11.3. The van der Waals surface area contributed by atoms with E-state index in [0.717, 1.165) is 16.9 Å². The largest absolute Gasteiger partial charge is 0.334 e. The van der Waals surface area contributed by atoms with Crippen molar-refractivity contribution in [3.05, 3.63) is 83.2 Å². The predicted octanol–water partition coefficient (Wildman–Crippen LogP) is 4.24. The Hall–Kier alpha value is -2.44. The van der Waals surface area contributed by atoms with Crippen LogP contribution in [-0.2, 0) is 16.4 Å². The van der Waals surface area contributed by atoms with E-state index in [1.807, 2.05) is 37.3 Å². The minimum Gasteiger partial charge on any atom is -0.334 e. The maximum atomic E-state index is 12.8. The van der Waals surface area contributed by atoms with E-state index >= 15 is 0 Å². The topological polar surface area (TPSA) is 54.5 Å². The number of rotatable bonds is 6. The number of sulfone groups is 1. The van der Waals surface area contributed by atoms with E-state index in [-0.39, 0.29) is 15.0 Å². The number of hydrogen-bond acceptors (Lipinski definition) is 4. The number of thiophene rings is 1. The third-order valence-corrected chi connectivity index (χ3v) is 7.33. The third kappa shape index (κ3) is 3.86. The van der Waals surface area contributed by atoms with E-state index in [1.54, 1.807) is 41.3 Å². The predicted molar refractivity (Wildman–Crippen MR) is 103 cm³/mol.